The van der Waals surface area contributed by atoms with E-state index in [0.717, 1.165) is 44.2 Å². The van der Waals surface area contributed by atoms with Gasteiger partial charge in [0.15, 0.2) is 0 Å². The number of nitrogens with zero attached hydrogens (tertiary/aromatic N) is 1. The number of aliphatic imine (C=N–C) groups is 1. The van der Waals surface area contributed by atoms with E-state index in [1.165, 1.54) is 0 Å². The van der Waals surface area contributed by atoms with Gasteiger partial charge < -0.3 is 0 Å². The minimum absolute atomic E-state index is 0.0160. The highest BCUT2D eigenvalue weighted by Gasteiger charge is 2.30. The molecule has 0 saturated carbocycles. The molecule has 0 aromatic heterocycles. The fourth-order valence-electron chi connectivity index (χ4n) is 4.07. The van der Waals surface area contributed by atoms with Gasteiger partial charge in [-0.1, -0.05) is 78.9 Å². The van der Waals surface area contributed by atoms with Crippen LogP contribution in [0.25, 0.3) is 33.0 Å². The van der Waals surface area contributed by atoms with Gasteiger partial charge in [-0.25, -0.2) is 0 Å². The first-order valence-electron chi connectivity index (χ1n) is 9.02. The van der Waals surface area contributed by atoms with Gasteiger partial charge in [0.05, 0.1) is 0 Å². The maximum absolute atomic E-state index is 12.9. The third-order valence-electron chi connectivity index (χ3n) is 5.27. The lowest BCUT2D eigenvalue weighted by atomic mass is 9.89. The van der Waals surface area contributed by atoms with Gasteiger partial charge in [-0.05, 0) is 33.7 Å². The Labute approximate surface area is 157 Å². The van der Waals surface area contributed by atoms with Crippen LogP contribution < -0.4 is 0 Å². The Balaban J connectivity index is 1.96. The van der Waals surface area contributed by atoms with E-state index in [-0.39, 0.29) is 5.78 Å². The van der Waals surface area contributed by atoms with Crippen molar-refractivity contribution in [3.8, 4) is 22.3 Å². The molecular formula is C25H17NO. The smallest absolute Gasteiger partial charge is 0.212 e. The van der Waals surface area contributed by atoms with Gasteiger partial charge in [0.25, 0.3) is 0 Å². The first-order chi connectivity index (χ1) is 13.3. The molecule has 0 saturated heterocycles. The Bertz CT molecular complexity index is 1180. The SMILES string of the molecule is C/N=C1/C(=O)c2ccc(-c3ccccc3)c3c(-c4ccccc4)ccc1c23. The van der Waals surface area contributed by atoms with Crippen molar-refractivity contribution in [1.29, 1.82) is 0 Å². The fraction of sp³-hybridized carbons (Fsp3) is 0.0400. The van der Waals surface area contributed by atoms with Crippen molar-refractivity contribution >= 4 is 22.3 Å². The van der Waals surface area contributed by atoms with Crippen molar-refractivity contribution in [2.75, 3.05) is 7.05 Å². The number of carbonyl (C=O) groups excluding carboxylic acids is 1. The lowest BCUT2D eigenvalue weighted by Gasteiger charge is -2.14. The van der Waals surface area contributed by atoms with Crippen LogP contribution in [0.5, 0.6) is 0 Å². The summed E-state index contributed by atoms with van der Waals surface area (Å²) < 4.78 is 0. The van der Waals surface area contributed by atoms with E-state index < -0.39 is 0 Å². The summed E-state index contributed by atoms with van der Waals surface area (Å²) in [5, 5.41) is 2.14. The van der Waals surface area contributed by atoms with Crippen LogP contribution in [0.2, 0.25) is 0 Å². The molecule has 2 heteroatoms. The standard InChI is InChI=1S/C25H17NO/c1-26-24-20-14-12-18(16-8-4-2-5-9-16)22-19(17-10-6-3-7-11-17)13-15-21(23(20)22)25(24)27/h2-15H,1H3/b26-24+. The molecule has 0 heterocycles. The van der Waals surface area contributed by atoms with Crippen molar-refractivity contribution < 1.29 is 4.79 Å². The minimum atomic E-state index is 0.0160. The molecule has 5 rings (SSSR count). The molecule has 0 amide bonds. The number of hydrogen-bond donors (Lipinski definition) is 0. The molecule has 4 aromatic carbocycles. The number of hydrogen-bond acceptors (Lipinski definition) is 2. The van der Waals surface area contributed by atoms with E-state index in [1.54, 1.807) is 7.05 Å². The van der Waals surface area contributed by atoms with Crippen molar-refractivity contribution in [3.05, 3.63) is 96.1 Å². The van der Waals surface area contributed by atoms with Crippen molar-refractivity contribution in [3.63, 3.8) is 0 Å². The van der Waals surface area contributed by atoms with Gasteiger partial charge in [-0.2, -0.15) is 0 Å². The van der Waals surface area contributed by atoms with E-state index in [2.05, 4.69) is 41.4 Å². The second kappa shape index (κ2) is 6.03. The Kier molecular flexibility index (Phi) is 3.51. The zero-order valence-electron chi connectivity index (χ0n) is 14.9. The number of rotatable bonds is 2. The van der Waals surface area contributed by atoms with E-state index >= 15 is 0 Å². The Hall–Kier alpha value is -3.52. The van der Waals surface area contributed by atoms with Crippen LogP contribution in [0.15, 0.2) is 89.9 Å². The molecule has 1 aliphatic rings. The van der Waals surface area contributed by atoms with Gasteiger partial charge in [-0.3, -0.25) is 9.79 Å². The van der Waals surface area contributed by atoms with E-state index in [1.807, 2.05) is 48.5 Å². The summed E-state index contributed by atoms with van der Waals surface area (Å²) in [7, 11) is 1.69. The molecule has 0 spiro atoms. The lowest BCUT2D eigenvalue weighted by molar-refractivity contribution is 0.107. The molecule has 4 aromatic rings. The maximum atomic E-state index is 12.9. The predicted octanol–water partition coefficient (Wildman–Crippen LogP) is 5.79. The first-order valence-corrected chi connectivity index (χ1v) is 9.02. The molecule has 27 heavy (non-hydrogen) atoms. The van der Waals surface area contributed by atoms with Crippen molar-refractivity contribution in [1.82, 2.24) is 0 Å². The van der Waals surface area contributed by atoms with Gasteiger partial charge in [0.1, 0.15) is 5.71 Å². The van der Waals surface area contributed by atoms with Gasteiger partial charge in [0.2, 0.25) is 5.78 Å². The molecule has 2 nitrogen and oxygen atoms in total. The number of Topliss-reactive ketones (excluding diaryl/α,β-unsaturated/α-hetero) is 1. The zero-order chi connectivity index (χ0) is 18.4. The summed E-state index contributed by atoms with van der Waals surface area (Å²) in [5.41, 5.74) is 6.81. The average Bonchev–Trinajstić information content (AvgIpc) is 3.02. The second-order valence-corrected chi connectivity index (χ2v) is 6.70. The summed E-state index contributed by atoms with van der Waals surface area (Å²) in [4.78, 5) is 17.2. The van der Waals surface area contributed by atoms with Crippen LogP contribution in [0.1, 0.15) is 15.9 Å². The van der Waals surface area contributed by atoms with Crippen LogP contribution >= 0.6 is 0 Å². The van der Waals surface area contributed by atoms with Gasteiger partial charge >= 0.3 is 0 Å². The normalized spacial score (nSPS) is 14.3. The Morgan fingerprint density at radius 3 is 1.52 bits per heavy atom. The average molecular weight is 347 g/mol. The topological polar surface area (TPSA) is 29.4 Å². The van der Waals surface area contributed by atoms with Gasteiger partial charge in [0, 0.05) is 23.6 Å². The van der Waals surface area contributed by atoms with E-state index in [9.17, 15) is 4.79 Å². The lowest BCUT2D eigenvalue weighted by Crippen LogP contribution is -2.08. The third kappa shape index (κ3) is 2.27. The molecular weight excluding hydrogens is 330 g/mol. The highest BCUT2D eigenvalue weighted by atomic mass is 16.1. The maximum Gasteiger partial charge on any atom is 0.212 e. The predicted molar refractivity (Wildman–Crippen MR) is 112 cm³/mol. The van der Waals surface area contributed by atoms with Crippen LogP contribution in [0.4, 0.5) is 0 Å². The summed E-state index contributed by atoms with van der Waals surface area (Å²) in [6, 6.07) is 28.9. The number of ketones is 1. The van der Waals surface area contributed by atoms with Crippen LogP contribution in [0.3, 0.4) is 0 Å². The molecule has 0 atom stereocenters. The van der Waals surface area contributed by atoms with Crippen LogP contribution in [-0.2, 0) is 0 Å². The molecule has 128 valence electrons. The quantitative estimate of drug-likeness (QED) is 0.451. The van der Waals surface area contributed by atoms with Gasteiger partial charge in [-0.15, -0.1) is 0 Å². The highest BCUT2D eigenvalue weighted by Crippen LogP contribution is 2.42. The van der Waals surface area contributed by atoms with Crippen LogP contribution in [-0.4, -0.2) is 18.5 Å². The highest BCUT2D eigenvalue weighted by molar-refractivity contribution is 6.59. The summed E-state index contributed by atoms with van der Waals surface area (Å²) in [6.07, 6.45) is 0. The van der Waals surface area contributed by atoms with E-state index in [0.29, 0.717) is 5.71 Å². The minimum Gasteiger partial charge on any atom is -0.287 e. The number of benzene rings is 4. The van der Waals surface area contributed by atoms with E-state index in [4.69, 9.17) is 0 Å². The summed E-state index contributed by atoms with van der Waals surface area (Å²) >= 11 is 0. The number of carbonyl (C=O) groups is 1. The van der Waals surface area contributed by atoms with Crippen molar-refractivity contribution in [2.24, 2.45) is 4.99 Å². The molecule has 0 bridgehead atoms. The Morgan fingerprint density at radius 2 is 1.00 bits per heavy atom. The molecule has 0 radical (unpaired) electrons. The molecule has 0 aliphatic heterocycles. The molecule has 0 N–H and O–H groups in total. The molecule has 1 aliphatic carbocycles. The summed E-state index contributed by atoms with van der Waals surface area (Å²) in [6.45, 7) is 0. The molecule has 0 unspecified atom stereocenters. The first kappa shape index (κ1) is 15.7. The summed E-state index contributed by atoms with van der Waals surface area (Å²) in [5.74, 6) is 0.0160. The monoisotopic (exact) mass is 347 g/mol. The fourth-order valence-corrected chi connectivity index (χ4v) is 4.07. The molecule has 0 fully saturated rings. The third-order valence-corrected chi connectivity index (χ3v) is 5.27. The Morgan fingerprint density at radius 1 is 0.556 bits per heavy atom. The largest absolute Gasteiger partial charge is 0.287 e. The van der Waals surface area contributed by atoms with Crippen molar-refractivity contribution in [2.45, 2.75) is 0 Å². The van der Waals surface area contributed by atoms with Crippen LogP contribution in [0, 0.1) is 0 Å². The zero-order valence-corrected chi connectivity index (χ0v) is 14.9. The second-order valence-electron chi connectivity index (χ2n) is 6.70.